The van der Waals surface area contributed by atoms with Crippen molar-refractivity contribution in [1.29, 1.82) is 0 Å². The molecule has 5 heteroatoms. The molecule has 0 bridgehead atoms. The number of carbonyl (C=O) groups is 1. The van der Waals surface area contributed by atoms with Crippen LogP contribution in [0.2, 0.25) is 5.02 Å². The van der Waals surface area contributed by atoms with Gasteiger partial charge in [-0.2, -0.15) is 0 Å². The van der Waals surface area contributed by atoms with Crippen molar-refractivity contribution in [2.75, 3.05) is 18.5 Å². The van der Waals surface area contributed by atoms with Gasteiger partial charge in [-0.05, 0) is 49.7 Å². The maximum absolute atomic E-state index is 11.2. The fraction of sp³-hybridized carbons (Fsp3) is 0.235. The highest BCUT2D eigenvalue weighted by Crippen LogP contribution is 2.21. The molecule has 22 heavy (non-hydrogen) atoms. The zero-order valence-electron chi connectivity index (χ0n) is 12.5. The number of hydrogen-bond acceptors (Lipinski definition) is 3. The predicted octanol–water partition coefficient (Wildman–Crippen LogP) is 4.15. The smallest absolute Gasteiger partial charge is 0.337 e. The highest BCUT2D eigenvalue weighted by atomic mass is 35.5. The molecule has 2 aromatic carbocycles. The van der Waals surface area contributed by atoms with Crippen LogP contribution in [-0.2, 0) is 0 Å². The predicted molar refractivity (Wildman–Crippen MR) is 88.3 cm³/mol. The summed E-state index contributed by atoms with van der Waals surface area (Å²) in [6.45, 7) is 4.71. The Labute approximate surface area is 134 Å². The Kier molecular flexibility index (Phi) is 5.28. The third-order valence-electron chi connectivity index (χ3n) is 3.22. The molecule has 0 fully saturated rings. The number of aryl methyl sites for hydroxylation is 2. The first-order chi connectivity index (χ1) is 10.5. The fourth-order valence-electron chi connectivity index (χ4n) is 2.05. The molecule has 2 N–H and O–H groups in total. The maximum atomic E-state index is 11.2. The minimum Gasteiger partial charge on any atom is -0.492 e. The number of hydrogen-bond donors (Lipinski definition) is 2. The molecule has 0 aliphatic rings. The van der Waals surface area contributed by atoms with E-state index in [0.29, 0.717) is 23.9 Å². The van der Waals surface area contributed by atoms with Crippen molar-refractivity contribution >= 4 is 23.3 Å². The topological polar surface area (TPSA) is 58.6 Å². The summed E-state index contributed by atoms with van der Waals surface area (Å²) in [4.78, 5) is 11.2. The molecule has 4 nitrogen and oxygen atoms in total. The third-order valence-corrected chi connectivity index (χ3v) is 3.65. The van der Waals surface area contributed by atoms with Crippen molar-refractivity contribution < 1.29 is 14.6 Å². The number of carboxylic acid groups (broad SMARTS) is 1. The van der Waals surface area contributed by atoms with Crippen molar-refractivity contribution in [2.45, 2.75) is 13.8 Å². The molecule has 0 spiro atoms. The third kappa shape index (κ3) is 4.15. The molecule has 0 atom stereocenters. The Morgan fingerprint density at radius 3 is 2.68 bits per heavy atom. The second-order valence-electron chi connectivity index (χ2n) is 5.04. The Balaban J connectivity index is 1.91. The quantitative estimate of drug-likeness (QED) is 0.785. The van der Waals surface area contributed by atoms with Crippen LogP contribution in [0.1, 0.15) is 21.5 Å². The number of anilines is 1. The van der Waals surface area contributed by atoms with Crippen LogP contribution < -0.4 is 10.1 Å². The van der Waals surface area contributed by atoms with Crippen molar-refractivity contribution in [2.24, 2.45) is 0 Å². The molecular formula is C17H18ClNO3. The van der Waals surface area contributed by atoms with Gasteiger partial charge < -0.3 is 15.2 Å². The summed E-state index contributed by atoms with van der Waals surface area (Å²) in [5.41, 5.74) is 2.73. The summed E-state index contributed by atoms with van der Waals surface area (Å²) in [5, 5.41) is 13.0. The molecule has 0 aromatic heterocycles. The summed E-state index contributed by atoms with van der Waals surface area (Å²) in [6.07, 6.45) is 0. The number of rotatable bonds is 6. The second kappa shape index (κ2) is 7.18. The molecule has 0 amide bonds. The van der Waals surface area contributed by atoms with Gasteiger partial charge >= 0.3 is 5.97 Å². The average Bonchev–Trinajstić information content (AvgIpc) is 2.48. The van der Waals surface area contributed by atoms with Gasteiger partial charge in [-0.3, -0.25) is 0 Å². The van der Waals surface area contributed by atoms with Gasteiger partial charge in [0.15, 0.2) is 0 Å². The minimum atomic E-state index is -0.944. The van der Waals surface area contributed by atoms with Gasteiger partial charge in [0.1, 0.15) is 12.4 Å². The van der Waals surface area contributed by atoms with Gasteiger partial charge in [0.05, 0.1) is 5.56 Å². The zero-order valence-corrected chi connectivity index (χ0v) is 13.3. The Morgan fingerprint density at radius 1 is 1.23 bits per heavy atom. The zero-order chi connectivity index (χ0) is 16.1. The van der Waals surface area contributed by atoms with E-state index in [4.69, 9.17) is 16.3 Å². The van der Waals surface area contributed by atoms with Crippen LogP contribution >= 0.6 is 11.6 Å². The van der Waals surface area contributed by atoms with E-state index < -0.39 is 5.97 Å². The number of halogens is 1. The largest absolute Gasteiger partial charge is 0.492 e. The van der Waals surface area contributed by atoms with E-state index in [1.54, 1.807) is 18.2 Å². The summed E-state index contributed by atoms with van der Waals surface area (Å²) in [6, 6.07) is 10.8. The molecule has 116 valence electrons. The number of carboxylic acids is 1. The molecule has 0 unspecified atom stereocenters. The molecular weight excluding hydrogens is 302 g/mol. The molecule has 0 radical (unpaired) electrons. The van der Waals surface area contributed by atoms with Crippen LogP contribution in [0.4, 0.5) is 5.69 Å². The van der Waals surface area contributed by atoms with Crippen LogP contribution in [0.3, 0.4) is 0 Å². The fourth-order valence-corrected chi connectivity index (χ4v) is 2.17. The summed E-state index contributed by atoms with van der Waals surface area (Å²) in [7, 11) is 0. The van der Waals surface area contributed by atoms with E-state index in [1.165, 1.54) is 0 Å². The lowest BCUT2D eigenvalue weighted by molar-refractivity contribution is 0.0698. The van der Waals surface area contributed by atoms with Gasteiger partial charge in [0.25, 0.3) is 0 Å². The van der Waals surface area contributed by atoms with Crippen LogP contribution in [-0.4, -0.2) is 24.2 Å². The first-order valence-corrected chi connectivity index (χ1v) is 7.32. The molecule has 0 saturated carbocycles. The van der Waals surface area contributed by atoms with Crippen LogP contribution in [0, 0.1) is 13.8 Å². The first-order valence-electron chi connectivity index (χ1n) is 6.94. The van der Waals surface area contributed by atoms with E-state index in [9.17, 15) is 9.90 Å². The summed E-state index contributed by atoms with van der Waals surface area (Å²) in [5.74, 6) is -0.202. The molecule has 0 aliphatic heterocycles. The SMILES string of the molecule is Cc1ccc(NCCOc2ccc(Cl)c(C)c2)c(C(=O)O)c1. The summed E-state index contributed by atoms with van der Waals surface area (Å²) >= 11 is 5.96. The van der Waals surface area contributed by atoms with Crippen molar-refractivity contribution in [1.82, 2.24) is 0 Å². The number of nitrogens with one attached hydrogen (secondary N) is 1. The van der Waals surface area contributed by atoms with Gasteiger partial charge in [-0.1, -0.05) is 23.2 Å². The average molecular weight is 320 g/mol. The van der Waals surface area contributed by atoms with E-state index in [-0.39, 0.29) is 5.56 Å². The standard InChI is InChI=1S/C17H18ClNO3/c1-11-3-6-16(14(9-11)17(20)21)19-7-8-22-13-4-5-15(18)12(2)10-13/h3-6,9-10,19H,7-8H2,1-2H3,(H,20,21). The Hall–Kier alpha value is -2.20. The van der Waals surface area contributed by atoms with Gasteiger partial charge in [-0.15, -0.1) is 0 Å². The van der Waals surface area contributed by atoms with E-state index >= 15 is 0 Å². The second-order valence-corrected chi connectivity index (χ2v) is 5.45. The van der Waals surface area contributed by atoms with Gasteiger partial charge in [-0.25, -0.2) is 4.79 Å². The van der Waals surface area contributed by atoms with Crippen LogP contribution in [0.5, 0.6) is 5.75 Å². The molecule has 2 aromatic rings. The molecule has 0 aliphatic carbocycles. The van der Waals surface area contributed by atoms with E-state index in [2.05, 4.69) is 5.32 Å². The summed E-state index contributed by atoms with van der Waals surface area (Å²) < 4.78 is 5.62. The van der Waals surface area contributed by atoms with E-state index in [0.717, 1.165) is 16.9 Å². The molecule has 0 heterocycles. The number of ether oxygens (including phenoxy) is 1. The van der Waals surface area contributed by atoms with Crippen LogP contribution in [0.15, 0.2) is 36.4 Å². The van der Waals surface area contributed by atoms with Crippen molar-refractivity contribution in [3.8, 4) is 5.75 Å². The number of benzene rings is 2. The highest BCUT2D eigenvalue weighted by Gasteiger charge is 2.09. The minimum absolute atomic E-state index is 0.266. The van der Waals surface area contributed by atoms with E-state index in [1.807, 2.05) is 32.0 Å². The van der Waals surface area contributed by atoms with Gasteiger partial charge in [0, 0.05) is 17.3 Å². The lowest BCUT2D eigenvalue weighted by Gasteiger charge is -2.12. The Bertz CT molecular complexity index is 686. The van der Waals surface area contributed by atoms with Crippen molar-refractivity contribution in [3.63, 3.8) is 0 Å². The first kappa shape index (κ1) is 16.2. The molecule has 2 rings (SSSR count). The molecule has 0 saturated heterocycles. The normalized spacial score (nSPS) is 10.3. The lowest BCUT2D eigenvalue weighted by atomic mass is 10.1. The number of aromatic carboxylic acids is 1. The van der Waals surface area contributed by atoms with Crippen molar-refractivity contribution in [3.05, 3.63) is 58.1 Å². The van der Waals surface area contributed by atoms with Gasteiger partial charge in [0.2, 0.25) is 0 Å². The van der Waals surface area contributed by atoms with Crippen LogP contribution in [0.25, 0.3) is 0 Å². The highest BCUT2D eigenvalue weighted by molar-refractivity contribution is 6.31. The lowest BCUT2D eigenvalue weighted by Crippen LogP contribution is -2.14. The maximum Gasteiger partial charge on any atom is 0.337 e. The monoisotopic (exact) mass is 319 g/mol. The Morgan fingerprint density at radius 2 is 2.00 bits per heavy atom.